The molecule has 0 fully saturated rings. The second-order valence-electron chi connectivity index (χ2n) is 5.81. The molecule has 25 heavy (non-hydrogen) atoms. The topological polar surface area (TPSA) is 56.5 Å². The van der Waals surface area contributed by atoms with Crippen LogP contribution in [0.3, 0.4) is 0 Å². The van der Waals surface area contributed by atoms with Gasteiger partial charge < -0.3 is 9.15 Å². The van der Waals surface area contributed by atoms with E-state index in [4.69, 9.17) is 9.15 Å². The molecule has 0 unspecified atom stereocenters. The third-order valence-corrected chi connectivity index (χ3v) is 4.07. The van der Waals surface area contributed by atoms with E-state index < -0.39 is 17.4 Å². The van der Waals surface area contributed by atoms with Crippen LogP contribution in [-0.4, -0.2) is 5.97 Å². The van der Waals surface area contributed by atoms with Crippen LogP contribution in [0, 0.1) is 12.7 Å². The third-order valence-electron chi connectivity index (χ3n) is 4.07. The standard InChI is InChI=1S/C20H17FO4/c1-3-13-5-7-16-15(10-19(22)25-18(16)8-13)11-24-20(23)14-6-4-12(2)17(21)9-14/h4-10H,3,11H2,1-2H3. The summed E-state index contributed by atoms with van der Waals surface area (Å²) in [4.78, 5) is 23.9. The normalized spacial score (nSPS) is 10.8. The first-order chi connectivity index (χ1) is 12.0. The lowest BCUT2D eigenvalue weighted by atomic mass is 10.1. The number of rotatable bonds is 4. The number of carbonyl (C=O) groups excluding carboxylic acids is 1. The van der Waals surface area contributed by atoms with Crippen LogP contribution in [0.25, 0.3) is 11.0 Å². The zero-order chi connectivity index (χ0) is 18.0. The number of halogens is 1. The Kier molecular flexibility index (Phi) is 4.65. The SMILES string of the molecule is CCc1ccc2c(COC(=O)c3ccc(C)c(F)c3)cc(=O)oc2c1. The number of hydrogen-bond acceptors (Lipinski definition) is 4. The molecule has 3 rings (SSSR count). The van der Waals surface area contributed by atoms with Crippen molar-refractivity contribution in [1.82, 2.24) is 0 Å². The highest BCUT2D eigenvalue weighted by atomic mass is 19.1. The van der Waals surface area contributed by atoms with Gasteiger partial charge in [-0.25, -0.2) is 14.0 Å². The van der Waals surface area contributed by atoms with E-state index in [2.05, 4.69) is 0 Å². The molecule has 0 aliphatic heterocycles. The second kappa shape index (κ2) is 6.89. The van der Waals surface area contributed by atoms with Crippen LogP contribution in [-0.2, 0) is 17.8 Å². The Labute approximate surface area is 143 Å². The maximum absolute atomic E-state index is 13.6. The van der Waals surface area contributed by atoms with Crippen LogP contribution < -0.4 is 5.63 Å². The summed E-state index contributed by atoms with van der Waals surface area (Å²) in [5.41, 5.74) is 2.13. The Morgan fingerprint density at radius 3 is 2.68 bits per heavy atom. The average molecular weight is 340 g/mol. The smallest absolute Gasteiger partial charge is 0.338 e. The lowest BCUT2D eigenvalue weighted by molar-refractivity contribution is 0.0473. The van der Waals surface area contributed by atoms with Gasteiger partial charge in [0.05, 0.1) is 5.56 Å². The highest BCUT2D eigenvalue weighted by Gasteiger charge is 2.12. The van der Waals surface area contributed by atoms with Crippen molar-refractivity contribution in [2.24, 2.45) is 0 Å². The third kappa shape index (κ3) is 3.60. The molecular formula is C20H17FO4. The van der Waals surface area contributed by atoms with E-state index >= 15 is 0 Å². The summed E-state index contributed by atoms with van der Waals surface area (Å²) in [7, 11) is 0. The number of ether oxygens (including phenoxy) is 1. The van der Waals surface area contributed by atoms with Crippen LogP contribution in [0.5, 0.6) is 0 Å². The molecule has 0 atom stereocenters. The highest BCUT2D eigenvalue weighted by Crippen LogP contribution is 2.20. The molecule has 1 aromatic heterocycles. The van der Waals surface area contributed by atoms with Crippen LogP contribution in [0.1, 0.15) is 34.0 Å². The van der Waals surface area contributed by atoms with Gasteiger partial charge in [-0.2, -0.15) is 0 Å². The van der Waals surface area contributed by atoms with Gasteiger partial charge in [-0.15, -0.1) is 0 Å². The molecule has 0 saturated heterocycles. The summed E-state index contributed by atoms with van der Waals surface area (Å²) in [6, 6.07) is 11.0. The van der Waals surface area contributed by atoms with Crippen molar-refractivity contribution < 1.29 is 18.3 Å². The maximum Gasteiger partial charge on any atom is 0.338 e. The first-order valence-electron chi connectivity index (χ1n) is 7.97. The van der Waals surface area contributed by atoms with Gasteiger partial charge in [0, 0.05) is 17.0 Å². The minimum atomic E-state index is -0.648. The van der Waals surface area contributed by atoms with Crippen molar-refractivity contribution in [1.29, 1.82) is 0 Å². The van der Waals surface area contributed by atoms with Crippen molar-refractivity contribution in [3.8, 4) is 0 Å². The predicted molar refractivity (Wildman–Crippen MR) is 92.1 cm³/mol. The first kappa shape index (κ1) is 16.9. The molecule has 0 N–H and O–H groups in total. The number of carbonyl (C=O) groups is 1. The number of benzene rings is 2. The first-order valence-corrected chi connectivity index (χ1v) is 7.97. The summed E-state index contributed by atoms with van der Waals surface area (Å²) in [5.74, 6) is -1.11. The molecule has 0 aliphatic rings. The monoisotopic (exact) mass is 340 g/mol. The summed E-state index contributed by atoms with van der Waals surface area (Å²) in [6.45, 7) is 3.53. The van der Waals surface area contributed by atoms with E-state index in [1.807, 2.05) is 19.1 Å². The largest absolute Gasteiger partial charge is 0.457 e. The lowest BCUT2D eigenvalue weighted by Gasteiger charge is -2.08. The second-order valence-corrected chi connectivity index (χ2v) is 5.81. The summed E-state index contributed by atoms with van der Waals surface area (Å²) in [6.07, 6.45) is 0.817. The van der Waals surface area contributed by atoms with Gasteiger partial charge >= 0.3 is 11.6 Å². The highest BCUT2D eigenvalue weighted by molar-refractivity contribution is 5.89. The molecule has 2 aromatic carbocycles. The summed E-state index contributed by atoms with van der Waals surface area (Å²) in [5, 5.41) is 0.708. The van der Waals surface area contributed by atoms with Gasteiger partial charge in [-0.3, -0.25) is 0 Å². The van der Waals surface area contributed by atoms with Crippen molar-refractivity contribution in [3.05, 3.63) is 81.0 Å². The van der Waals surface area contributed by atoms with Crippen molar-refractivity contribution in [2.75, 3.05) is 0 Å². The molecule has 3 aromatic rings. The molecule has 0 saturated carbocycles. The van der Waals surface area contributed by atoms with Gasteiger partial charge in [-0.05, 0) is 42.7 Å². The number of fused-ring (bicyclic) bond motifs is 1. The zero-order valence-corrected chi connectivity index (χ0v) is 14.0. The Bertz CT molecular complexity index is 1000. The van der Waals surface area contributed by atoms with Crippen molar-refractivity contribution in [3.63, 3.8) is 0 Å². The number of esters is 1. The Morgan fingerprint density at radius 2 is 1.96 bits per heavy atom. The van der Waals surface area contributed by atoms with E-state index in [1.54, 1.807) is 13.0 Å². The molecule has 0 amide bonds. The van der Waals surface area contributed by atoms with Gasteiger partial charge in [0.15, 0.2) is 0 Å². The fourth-order valence-electron chi connectivity index (χ4n) is 2.56. The molecule has 128 valence electrons. The molecular weight excluding hydrogens is 323 g/mol. The van der Waals surface area contributed by atoms with Gasteiger partial charge in [0.1, 0.15) is 18.0 Å². The minimum Gasteiger partial charge on any atom is -0.457 e. The molecule has 4 nitrogen and oxygen atoms in total. The van der Waals surface area contributed by atoms with E-state index in [0.29, 0.717) is 22.1 Å². The quantitative estimate of drug-likeness (QED) is 0.529. The van der Waals surface area contributed by atoms with Crippen LogP contribution in [0.4, 0.5) is 4.39 Å². The van der Waals surface area contributed by atoms with Crippen molar-refractivity contribution >= 4 is 16.9 Å². The Balaban J connectivity index is 1.86. The fraction of sp³-hybridized carbons (Fsp3) is 0.200. The minimum absolute atomic E-state index is 0.0953. The van der Waals surface area contributed by atoms with E-state index in [-0.39, 0.29) is 12.2 Å². The molecule has 0 aliphatic carbocycles. The van der Waals surface area contributed by atoms with E-state index in [9.17, 15) is 14.0 Å². The van der Waals surface area contributed by atoms with Crippen molar-refractivity contribution in [2.45, 2.75) is 26.9 Å². The Morgan fingerprint density at radius 1 is 1.16 bits per heavy atom. The van der Waals surface area contributed by atoms with E-state index in [1.165, 1.54) is 18.2 Å². The molecule has 0 bridgehead atoms. The molecule has 5 heteroatoms. The lowest BCUT2D eigenvalue weighted by Crippen LogP contribution is -2.08. The van der Waals surface area contributed by atoms with E-state index in [0.717, 1.165) is 18.1 Å². The number of aryl methyl sites for hydroxylation is 2. The average Bonchev–Trinajstić information content (AvgIpc) is 2.60. The summed E-state index contributed by atoms with van der Waals surface area (Å²) < 4.78 is 24.0. The van der Waals surface area contributed by atoms with Gasteiger partial charge in [0.25, 0.3) is 0 Å². The summed E-state index contributed by atoms with van der Waals surface area (Å²) >= 11 is 0. The Hall–Kier alpha value is -2.95. The van der Waals surface area contributed by atoms with Crippen LogP contribution in [0.2, 0.25) is 0 Å². The predicted octanol–water partition coefficient (Wildman–Crippen LogP) is 4.16. The zero-order valence-electron chi connectivity index (χ0n) is 14.0. The number of hydrogen-bond donors (Lipinski definition) is 0. The van der Waals surface area contributed by atoms with Crippen LogP contribution >= 0.6 is 0 Å². The van der Waals surface area contributed by atoms with Crippen LogP contribution in [0.15, 0.2) is 51.7 Å². The van der Waals surface area contributed by atoms with Gasteiger partial charge in [0.2, 0.25) is 0 Å². The maximum atomic E-state index is 13.6. The van der Waals surface area contributed by atoms with Gasteiger partial charge in [-0.1, -0.05) is 25.1 Å². The fourth-order valence-corrected chi connectivity index (χ4v) is 2.56. The molecule has 1 heterocycles. The molecule has 0 spiro atoms. The molecule has 0 radical (unpaired) electrons.